The zero-order valence-corrected chi connectivity index (χ0v) is 20.8. The molecule has 0 fully saturated rings. The largest absolute Gasteiger partial charge is 0.508 e. The highest BCUT2D eigenvalue weighted by Gasteiger charge is 2.32. The second kappa shape index (κ2) is 17.8. The van der Waals surface area contributed by atoms with Crippen molar-refractivity contribution < 1.29 is 56.8 Å². The molecule has 0 atom stereocenters. The molecule has 12 heteroatoms. The topological polar surface area (TPSA) is 136 Å². The number of phenolic OH excluding ortho intramolecular Hbond substituents is 1. The number of rotatable bonds is 7. The van der Waals surface area contributed by atoms with E-state index in [2.05, 4.69) is 17.9 Å². The summed E-state index contributed by atoms with van der Waals surface area (Å²) in [6.07, 6.45) is -6.06. The number of phenols is 1. The number of ether oxygens (including phenoxy) is 3. The Balaban J connectivity index is 0. The number of aliphatic carboxylic acids is 1. The van der Waals surface area contributed by atoms with Crippen molar-refractivity contribution in [2.75, 3.05) is 0 Å². The summed E-state index contributed by atoms with van der Waals surface area (Å²) in [7, 11) is 0. The summed E-state index contributed by atoms with van der Waals surface area (Å²) < 4.78 is 50.0. The summed E-state index contributed by atoms with van der Waals surface area (Å²) in [5.74, 6) is -2.64. The fourth-order valence-electron chi connectivity index (χ4n) is 1.81. The van der Waals surface area contributed by atoms with Crippen LogP contribution in [0.25, 0.3) is 0 Å². The average molecular weight is 557 g/mol. The first kappa shape index (κ1) is 36.5. The van der Waals surface area contributed by atoms with Crippen molar-refractivity contribution in [3.8, 4) is 23.0 Å². The van der Waals surface area contributed by atoms with Crippen molar-refractivity contribution in [3.05, 3.63) is 72.8 Å². The first-order valence-corrected chi connectivity index (χ1v) is 10.7. The molecule has 2 aromatic rings. The third-order valence-electron chi connectivity index (χ3n) is 3.66. The molecule has 39 heavy (non-hydrogen) atoms. The van der Waals surface area contributed by atoms with Crippen molar-refractivity contribution in [2.24, 2.45) is 0 Å². The number of carbonyl (C=O) groups excluding carboxylic acids is 3. The molecule has 0 aromatic heterocycles. The molecule has 0 bridgehead atoms. The molecule has 2 rings (SSSR count). The van der Waals surface area contributed by atoms with Gasteiger partial charge in [0.1, 0.15) is 29.4 Å². The first-order valence-electron chi connectivity index (χ1n) is 10.7. The van der Waals surface area contributed by atoms with Crippen LogP contribution in [0.3, 0.4) is 0 Å². The third-order valence-corrected chi connectivity index (χ3v) is 3.66. The van der Waals surface area contributed by atoms with Crippen LogP contribution in [-0.4, -0.2) is 40.3 Å². The lowest BCUT2D eigenvalue weighted by atomic mass is 10.3. The van der Waals surface area contributed by atoms with Crippen LogP contribution in [0.1, 0.15) is 41.0 Å². The molecule has 0 unspecified atom stereocenters. The number of aromatic hydroxyl groups is 1. The molecular formula is C27H31F3O9. The SMILES string of the molecule is C.C=C(C)C(=O)Oc1ccc(O)cc1.C=C(C)C(=O)Oc1ccc(OC(=O)CC(F)(F)F)cc1.CCC(=O)O. The van der Waals surface area contributed by atoms with E-state index in [0.717, 1.165) is 0 Å². The van der Waals surface area contributed by atoms with Crippen molar-refractivity contribution in [1.29, 1.82) is 0 Å². The van der Waals surface area contributed by atoms with Gasteiger partial charge in [-0.3, -0.25) is 9.59 Å². The molecular weight excluding hydrogens is 525 g/mol. The summed E-state index contributed by atoms with van der Waals surface area (Å²) in [5, 5.41) is 16.7. The van der Waals surface area contributed by atoms with Gasteiger partial charge in [0.05, 0.1) is 0 Å². The van der Waals surface area contributed by atoms with E-state index in [4.69, 9.17) is 19.7 Å². The second-order valence-corrected chi connectivity index (χ2v) is 7.32. The Morgan fingerprint density at radius 1 is 0.769 bits per heavy atom. The minimum absolute atomic E-state index is 0. The molecule has 0 amide bonds. The molecule has 0 saturated carbocycles. The van der Waals surface area contributed by atoms with Crippen LogP contribution >= 0.6 is 0 Å². The highest BCUT2D eigenvalue weighted by atomic mass is 19.4. The van der Waals surface area contributed by atoms with E-state index in [9.17, 15) is 32.3 Å². The minimum atomic E-state index is -4.62. The lowest BCUT2D eigenvalue weighted by Crippen LogP contribution is -2.19. The monoisotopic (exact) mass is 556 g/mol. The molecule has 0 aliphatic carbocycles. The molecule has 214 valence electrons. The number of hydrogen-bond acceptors (Lipinski definition) is 8. The number of esters is 3. The maximum absolute atomic E-state index is 11.9. The van der Waals surface area contributed by atoms with Gasteiger partial charge < -0.3 is 24.4 Å². The van der Waals surface area contributed by atoms with Crippen LogP contribution in [0.5, 0.6) is 23.0 Å². The number of halogens is 3. The van der Waals surface area contributed by atoms with E-state index in [1.807, 2.05) is 0 Å². The van der Waals surface area contributed by atoms with Crippen molar-refractivity contribution in [2.45, 2.75) is 47.2 Å². The average Bonchev–Trinajstić information content (AvgIpc) is 2.81. The third kappa shape index (κ3) is 18.3. The van der Waals surface area contributed by atoms with Crippen LogP contribution in [0, 0.1) is 0 Å². The Kier molecular flexibility index (Phi) is 16.7. The van der Waals surface area contributed by atoms with E-state index < -0.39 is 36.5 Å². The van der Waals surface area contributed by atoms with E-state index in [0.29, 0.717) is 11.3 Å². The smallest absolute Gasteiger partial charge is 0.399 e. The lowest BCUT2D eigenvalue weighted by Gasteiger charge is -2.08. The van der Waals surface area contributed by atoms with E-state index in [1.54, 1.807) is 13.8 Å². The van der Waals surface area contributed by atoms with E-state index in [-0.39, 0.29) is 36.7 Å². The molecule has 0 heterocycles. The molecule has 0 aliphatic heterocycles. The second-order valence-electron chi connectivity index (χ2n) is 7.32. The van der Waals surface area contributed by atoms with Crippen molar-refractivity contribution in [1.82, 2.24) is 0 Å². The first-order chi connectivity index (χ1) is 17.5. The van der Waals surface area contributed by atoms with Crippen LogP contribution in [0.15, 0.2) is 72.8 Å². The Bertz CT molecular complexity index is 1120. The van der Waals surface area contributed by atoms with Gasteiger partial charge in [0.25, 0.3) is 0 Å². The molecule has 9 nitrogen and oxygen atoms in total. The number of carboxylic acids is 1. The summed E-state index contributed by atoms with van der Waals surface area (Å²) in [5.41, 5.74) is 0.541. The van der Waals surface area contributed by atoms with Gasteiger partial charge in [-0.15, -0.1) is 0 Å². The zero-order valence-electron chi connectivity index (χ0n) is 20.8. The predicted octanol–water partition coefficient (Wildman–Crippen LogP) is 6.02. The van der Waals surface area contributed by atoms with E-state index in [1.165, 1.54) is 55.5 Å². The van der Waals surface area contributed by atoms with Gasteiger partial charge in [-0.1, -0.05) is 27.5 Å². The summed E-state index contributed by atoms with van der Waals surface area (Å²) in [6.45, 7) is 11.5. The summed E-state index contributed by atoms with van der Waals surface area (Å²) in [6, 6.07) is 10.9. The zero-order chi connectivity index (χ0) is 29.5. The normalized spacial score (nSPS) is 9.59. The quantitative estimate of drug-likeness (QED) is 0.238. The Morgan fingerprint density at radius 2 is 1.08 bits per heavy atom. The van der Waals surface area contributed by atoms with Crippen LogP contribution in [0.4, 0.5) is 13.2 Å². The van der Waals surface area contributed by atoms with Crippen LogP contribution in [0.2, 0.25) is 0 Å². The highest BCUT2D eigenvalue weighted by molar-refractivity contribution is 5.89. The van der Waals surface area contributed by atoms with Gasteiger partial charge >= 0.3 is 30.1 Å². The molecule has 2 aromatic carbocycles. The highest BCUT2D eigenvalue weighted by Crippen LogP contribution is 2.23. The van der Waals surface area contributed by atoms with Gasteiger partial charge in [-0.2, -0.15) is 13.2 Å². The maximum Gasteiger partial charge on any atom is 0.399 e. The lowest BCUT2D eigenvalue weighted by molar-refractivity contribution is -0.164. The Hall–Kier alpha value is -4.61. The number of alkyl halides is 3. The fourth-order valence-corrected chi connectivity index (χ4v) is 1.81. The number of carboxylic acid groups (broad SMARTS) is 1. The molecule has 0 spiro atoms. The van der Waals surface area contributed by atoms with E-state index >= 15 is 0 Å². The fraction of sp³-hybridized carbons (Fsp3) is 0.259. The standard InChI is InChI=1S/C13H11F3O4.C10H10O3.C3H6O2.CH4/c1-8(2)12(18)20-10-5-3-9(4-6-10)19-11(17)7-13(14,15)16;1-7(2)10(12)13-9-5-3-8(11)4-6-9;1-2-3(4)5;/h3-6H,1,7H2,2H3;3-6,11H,1H2,2H3;2H2,1H3,(H,4,5);1H4. The Labute approximate surface area is 224 Å². The molecule has 2 N–H and O–H groups in total. The predicted molar refractivity (Wildman–Crippen MR) is 136 cm³/mol. The van der Waals surface area contributed by atoms with Crippen molar-refractivity contribution in [3.63, 3.8) is 0 Å². The molecule has 0 saturated heterocycles. The van der Waals surface area contributed by atoms with Crippen LogP contribution < -0.4 is 14.2 Å². The Morgan fingerprint density at radius 3 is 1.36 bits per heavy atom. The van der Waals surface area contributed by atoms with Crippen molar-refractivity contribution >= 4 is 23.9 Å². The van der Waals surface area contributed by atoms with Gasteiger partial charge in [0, 0.05) is 17.6 Å². The maximum atomic E-state index is 11.9. The van der Waals surface area contributed by atoms with Gasteiger partial charge in [-0.25, -0.2) is 9.59 Å². The number of hydrogen-bond donors (Lipinski definition) is 2. The minimum Gasteiger partial charge on any atom is -0.508 e. The number of benzene rings is 2. The van der Waals surface area contributed by atoms with Crippen LogP contribution in [-0.2, 0) is 19.2 Å². The molecule has 0 aliphatic rings. The number of carbonyl (C=O) groups is 4. The van der Waals surface area contributed by atoms with Gasteiger partial charge in [0.15, 0.2) is 0 Å². The van der Waals surface area contributed by atoms with Gasteiger partial charge in [-0.05, 0) is 62.4 Å². The summed E-state index contributed by atoms with van der Waals surface area (Å²) in [4.78, 5) is 42.5. The molecule has 0 radical (unpaired) electrons. The summed E-state index contributed by atoms with van der Waals surface area (Å²) >= 11 is 0. The van der Waals surface area contributed by atoms with Gasteiger partial charge in [0.2, 0.25) is 0 Å².